The molecule has 1 atom stereocenters. The second-order valence-electron chi connectivity index (χ2n) is 8.74. The maximum atomic E-state index is 13.0. The van der Waals surface area contributed by atoms with Crippen molar-refractivity contribution in [2.45, 2.75) is 25.8 Å². The van der Waals surface area contributed by atoms with E-state index >= 15 is 0 Å². The first-order valence-electron chi connectivity index (χ1n) is 11.6. The van der Waals surface area contributed by atoms with Crippen LogP contribution in [0.5, 0.6) is 0 Å². The number of primary amides is 1. The molecule has 1 aliphatic heterocycles. The second-order valence-corrected chi connectivity index (χ2v) is 8.74. The number of carbonyl (C=O) groups is 2. The van der Waals surface area contributed by atoms with Gasteiger partial charge in [0.15, 0.2) is 0 Å². The summed E-state index contributed by atoms with van der Waals surface area (Å²) in [5, 5.41) is 12.8. The number of rotatable bonds is 8. The van der Waals surface area contributed by atoms with E-state index in [0.717, 1.165) is 29.7 Å². The van der Waals surface area contributed by atoms with Gasteiger partial charge in [-0.1, -0.05) is 42.5 Å². The van der Waals surface area contributed by atoms with E-state index in [0.29, 0.717) is 42.9 Å². The molecule has 1 fully saturated rings. The van der Waals surface area contributed by atoms with E-state index in [4.69, 9.17) is 5.73 Å². The van der Waals surface area contributed by atoms with Crippen LogP contribution < -0.4 is 11.1 Å². The number of amides is 2. The molecule has 1 aliphatic rings. The number of hydrogen-bond donors (Lipinski definition) is 3. The molecule has 0 spiro atoms. The second kappa shape index (κ2) is 10.9. The highest BCUT2D eigenvalue weighted by Gasteiger charge is 2.24. The van der Waals surface area contributed by atoms with Gasteiger partial charge >= 0.3 is 0 Å². The van der Waals surface area contributed by atoms with Crippen LogP contribution in [0.2, 0.25) is 0 Å². The van der Waals surface area contributed by atoms with E-state index < -0.39 is 5.91 Å². The third-order valence-corrected chi connectivity index (χ3v) is 6.18. The highest BCUT2D eigenvalue weighted by Crippen LogP contribution is 2.21. The third-order valence-electron chi connectivity index (χ3n) is 6.18. The molecular weight excluding hydrogens is 428 g/mol. The number of hydrogen-bond acceptors (Lipinski definition) is 5. The van der Waals surface area contributed by atoms with Gasteiger partial charge in [-0.05, 0) is 48.1 Å². The lowest BCUT2D eigenvalue weighted by Gasteiger charge is -2.32. The van der Waals surface area contributed by atoms with Crippen molar-refractivity contribution in [3.8, 4) is 0 Å². The Morgan fingerprint density at radius 3 is 2.65 bits per heavy atom. The molecule has 1 saturated heterocycles. The summed E-state index contributed by atoms with van der Waals surface area (Å²) in [7, 11) is 0. The fourth-order valence-corrected chi connectivity index (χ4v) is 4.34. The first-order chi connectivity index (χ1) is 16.5. The Labute approximate surface area is 199 Å². The van der Waals surface area contributed by atoms with E-state index in [1.54, 1.807) is 0 Å². The molecule has 2 heterocycles. The molecule has 0 saturated carbocycles. The molecule has 4 rings (SSSR count). The van der Waals surface area contributed by atoms with Crippen molar-refractivity contribution in [2.24, 2.45) is 11.7 Å². The Kier molecular flexibility index (Phi) is 7.54. The molecule has 2 aromatic carbocycles. The third kappa shape index (κ3) is 5.80. The van der Waals surface area contributed by atoms with Gasteiger partial charge in [-0.3, -0.25) is 14.6 Å². The number of nitrogens with two attached hydrogens (primary N) is 1. The number of nitrogens with one attached hydrogen (secondary N) is 1. The molecule has 7 heteroatoms. The van der Waals surface area contributed by atoms with Crippen molar-refractivity contribution in [3.05, 3.63) is 94.8 Å². The van der Waals surface area contributed by atoms with Crippen LogP contribution in [0.25, 0.3) is 0 Å². The zero-order valence-electron chi connectivity index (χ0n) is 19.1. The number of aliphatic hydroxyl groups excluding tert-OH is 1. The number of likely N-dealkylation sites (tertiary alicyclic amines) is 1. The lowest BCUT2D eigenvalue weighted by molar-refractivity contribution is 0.0620. The van der Waals surface area contributed by atoms with Crippen LogP contribution in [-0.4, -0.2) is 46.5 Å². The Morgan fingerprint density at radius 1 is 1.09 bits per heavy atom. The monoisotopic (exact) mass is 458 g/mol. The quantitative estimate of drug-likeness (QED) is 0.480. The summed E-state index contributed by atoms with van der Waals surface area (Å²) in [6.45, 7) is 1.97. The number of aliphatic hydroxyl groups is 1. The minimum Gasteiger partial charge on any atom is -0.396 e. The molecule has 7 nitrogen and oxygen atoms in total. The van der Waals surface area contributed by atoms with Crippen molar-refractivity contribution in [2.75, 3.05) is 25.0 Å². The molecule has 2 amide bonds. The number of aromatic nitrogens is 1. The lowest BCUT2D eigenvalue weighted by atomic mass is 9.98. The summed E-state index contributed by atoms with van der Waals surface area (Å²) in [4.78, 5) is 31.2. The number of piperidine rings is 1. The Balaban J connectivity index is 1.50. The van der Waals surface area contributed by atoms with E-state index in [9.17, 15) is 14.7 Å². The Bertz CT molecular complexity index is 1150. The summed E-state index contributed by atoms with van der Waals surface area (Å²) in [5.41, 5.74) is 9.97. The van der Waals surface area contributed by atoms with Crippen LogP contribution in [0.4, 0.5) is 5.69 Å². The van der Waals surface area contributed by atoms with E-state index in [-0.39, 0.29) is 18.4 Å². The SMILES string of the molecule is NC(=O)c1cnc(Cc2cccc(C(=O)N3CCCC(CO)C3)c2)cc1NCc1ccccc1. The molecule has 176 valence electrons. The van der Waals surface area contributed by atoms with Crippen LogP contribution >= 0.6 is 0 Å². The maximum Gasteiger partial charge on any atom is 0.253 e. The number of carbonyl (C=O) groups excluding carboxylic acids is 2. The molecule has 4 N–H and O–H groups in total. The van der Waals surface area contributed by atoms with Gasteiger partial charge in [-0.15, -0.1) is 0 Å². The van der Waals surface area contributed by atoms with Crippen molar-refractivity contribution in [3.63, 3.8) is 0 Å². The van der Waals surface area contributed by atoms with Gasteiger partial charge in [-0.25, -0.2) is 0 Å². The average molecular weight is 459 g/mol. The first-order valence-corrected chi connectivity index (χ1v) is 11.6. The fraction of sp³-hybridized carbons (Fsp3) is 0.296. The zero-order valence-corrected chi connectivity index (χ0v) is 19.1. The predicted molar refractivity (Wildman–Crippen MR) is 131 cm³/mol. The Hall–Kier alpha value is -3.71. The molecular formula is C27H30N4O3. The van der Waals surface area contributed by atoms with Crippen LogP contribution in [0.1, 0.15) is 50.4 Å². The minimum absolute atomic E-state index is 0.0118. The van der Waals surface area contributed by atoms with Crippen LogP contribution in [-0.2, 0) is 13.0 Å². The van der Waals surface area contributed by atoms with Crippen molar-refractivity contribution < 1.29 is 14.7 Å². The van der Waals surface area contributed by atoms with Crippen LogP contribution in [0, 0.1) is 5.92 Å². The zero-order chi connectivity index (χ0) is 23.9. The minimum atomic E-state index is -0.537. The number of anilines is 1. The normalized spacial score (nSPS) is 15.7. The molecule has 34 heavy (non-hydrogen) atoms. The summed E-state index contributed by atoms with van der Waals surface area (Å²) in [5.74, 6) is -0.400. The molecule has 1 unspecified atom stereocenters. The highest BCUT2D eigenvalue weighted by atomic mass is 16.3. The molecule has 0 radical (unpaired) electrons. The predicted octanol–water partition coefficient (Wildman–Crippen LogP) is 3.23. The first kappa shape index (κ1) is 23.4. The number of nitrogens with zero attached hydrogens (tertiary/aromatic N) is 2. The molecule has 0 bridgehead atoms. The summed E-state index contributed by atoms with van der Waals surface area (Å²) < 4.78 is 0. The van der Waals surface area contributed by atoms with Gasteiger partial charge < -0.3 is 21.1 Å². The largest absolute Gasteiger partial charge is 0.396 e. The van der Waals surface area contributed by atoms with Crippen molar-refractivity contribution >= 4 is 17.5 Å². The average Bonchev–Trinajstić information content (AvgIpc) is 2.87. The lowest BCUT2D eigenvalue weighted by Crippen LogP contribution is -2.40. The maximum absolute atomic E-state index is 13.0. The number of benzene rings is 2. The summed E-state index contributed by atoms with van der Waals surface area (Å²) in [6, 6.07) is 19.3. The van der Waals surface area contributed by atoms with Crippen LogP contribution in [0.15, 0.2) is 66.9 Å². The molecule has 0 aliphatic carbocycles. The standard InChI is InChI=1S/C27H30N4O3/c28-26(33)24-16-29-23(14-25(24)30-15-19-6-2-1-3-7-19)13-20-8-4-10-22(12-20)27(34)31-11-5-9-21(17-31)18-32/h1-4,6-8,10,12,14,16,21,32H,5,9,11,13,15,17-18H2,(H2,28,33)(H,29,30). The highest BCUT2D eigenvalue weighted by molar-refractivity contribution is 5.98. The Morgan fingerprint density at radius 2 is 1.88 bits per heavy atom. The van der Waals surface area contributed by atoms with Crippen LogP contribution in [0.3, 0.4) is 0 Å². The van der Waals surface area contributed by atoms with E-state index in [1.165, 1.54) is 6.20 Å². The van der Waals surface area contributed by atoms with Gasteiger partial charge in [0, 0.05) is 50.1 Å². The number of pyridine rings is 1. The molecule has 3 aromatic rings. The summed E-state index contributed by atoms with van der Waals surface area (Å²) in [6.07, 6.45) is 3.88. The van der Waals surface area contributed by atoms with E-state index in [1.807, 2.05) is 65.6 Å². The van der Waals surface area contributed by atoms with E-state index in [2.05, 4.69) is 10.3 Å². The fourth-order valence-electron chi connectivity index (χ4n) is 4.34. The van der Waals surface area contributed by atoms with Gasteiger partial charge in [0.25, 0.3) is 11.8 Å². The topological polar surface area (TPSA) is 109 Å². The van der Waals surface area contributed by atoms with Gasteiger partial charge in [0.1, 0.15) is 0 Å². The van der Waals surface area contributed by atoms with Gasteiger partial charge in [-0.2, -0.15) is 0 Å². The molecule has 1 aromatic heterocycles. The summed E-state index contributed by atoms with van der Waals surface area (Å²) >= 11 is 0. The smallest absolute Gasteiger partial charge is 0.253 e. The van der Waals surface area contributed by atoms with Crippen molar-refractivity contribution in [1.82, 2.24) is 9.88 Å². The van der Waals surface area contributed by atoms with Crippen molar-refractivity contribution in [1.29, 1.82) is 0 Å². The van der Waals surface area contributed by atoms with Gasteiger partial charge in [0.2, 0.25) is 0 Å². The van der Waals surface area contributed by atoms with Gasteiger partial charge in [0.05, 0.1) is 11.3 Å².